The predicted molar refractivity (Wildman–Crippen MR) is 81.4 cm³/mol. The molecule has 7 nitrogen and oxygen atoms in total. The standard InChI is InChI=1S/C14H25O7P/c1-6-18-13(15)12(14(16)19-7-2)11(5)10-22(17,20-8-3)21-9-4/h10,12H,6-9H2,1-5H3/b11-10+. The van der Waals surface area contributed by atoms with Gasteiger partial charge in [-0.05, 0) is 40.2 Å². The first kappa shape index (κ1) is 20.8. The van der Waals surface area contributed by atoms with Gasteiger partial charge in [-0.15, -0.1) is 0 Å². The molecule has 0 heterocycles. The fourth-order valence-electron chi connectivity index (χ4n) is 1.71. The van der Waals surface area contributed by atoms with Crippen molar-refractivity contribution in [2.45, 2.75) is 34.6 Å². The third-order valence-electron chi connectivity index (χ3n) is 2.48. The summed E-state index contributed by atoms with van der Waals surface area (Å²) in [6.45, 7) is 8.67. The van der Waals surface area contributed by atoms with Crippen molar-refractivity contribution in [1.29, 1.82) is 0 Å². The Morgan fingerprint density at radius 1 is 0.909 bits per heavy atom. The fourth-order valence-corrected chi connectivity index (χ4v) is 3.31. The molecule has 0 N–H and O–H groups in total. The summed E-state index contributed by atoms with van der Waals surface area (Å²) in [5.74, 6) is -1.61. The number of carbonyl (C=O) groups excluding carboxylic acids is 2. The maximum Gasteiger partial charge on any atom is 0.354 e. The summed E-state index contributed by atoms with van der Waals surface area (Å²) in [7, 11) is -3.52. The molecule has 0 radical (unpaired) electrons. The SMILES string of the molecule is CCOC(=O)C(C(=O)OCC)/C(C)=C/P(=O)(OCC)OCC. The van der Waals surface area contributed by atoms with E-state index < -0.39 is 25.5 Å². The van der Waals surface area contributed by atoms with Gasteiger partial charge in [0.15, 0.2) is 5.92 Å². The first-order valence-electron chi connectivity index (χ1n) is 7.26. The molecule has 8 heteroatoms. The largest absolute Gasteiger partial charge is 0.465 e. The van der Waals surface area contributed by atoms with Gasteiger partial charge in [0.2, 0.25) is 0 Å². The summed E-state index contributed by atoms with van der Waals surface area (Å²) in [5.41, 5.74) is 0.210. The highest BCUT2D eigenvalue weighted by Gasteiger charge is 2.33. The molecule has 0 bridgehead atoms. The normalized spacial score (nSPS) is 12.4. The van der Waals surface area contributed by atoms with E-state index in [-0.39, 0.29) is 32.0 Å². The summed E-state index contributed by atoms with van der Waals surface area (Å²) < 4.78 is 32.5. The van der Waals surface area contributed by atoms with Gasteiger partial charge < -0.3 is 18.5 Å². The van der Waals surface area contributed by atoms with Gasteiger partial charge >= 0.3 is 19.5 Å². The van der Waals surface area contributed by atoms with E-state index in [0.29, 0.717) is 0 Å². The number of rotatable bonds is 10. The lowest BCUT2D eigenvalue weighted by molar-refractivity contribution is -0.159. The maximum atomic E-state index is 12.5. The Labute approximate surface area is 131 Å². The first-order chi connectivity index (χ1) is 10.3. The highest BCUT2D eigenvalue weighted by Crippen LogP contribution is 2.51. The average Bonchev–Trinajstić information content (AvgIpc) is 2.39. The van der Waals surface area contributed by atoms with E-state index in [1.54, 1.807) is 27.7 Å². The van der Waals surface area contributed by atoms with Crippen molar-refractivity contribution in [2.24, 2.45) is 5.92 Å². The van der Waals surface area contributed by atoms with Crippen molar-refractivity contribution < 1.29 is 32.7 Å². The Kier molecular flexibility index (Phi) is 9.98. The van der Waals surface area contributed by atoms with Crippen molar-refractivity contribution in [3.8, 4) is 0 Å². The highest BCUT2D eigenvalue weighted by atomic mass is 31.2. The van der Waals surface area contributed by atoms with Crippen LogP contribution in [0.1, 0.15) is 34.6 Å². The number of ether oxygens (including phenoxy) is 2. The van der Waals surface area contributed by atoms with E-state index >= 15 is 0 Å². The molecule has 0 saturated heterocycles. The molecular formula is C14H25O7P. The first-order valence-corrected chi connectivity index (χ1v) is 8.87. The third kappa shape index (κ3) is 6.73. The molecule has 0 aliphatic heterocycles. The minimum Gasteiger partial charge on any atom is -0.465 e. The monoisotopic (exact) mass is 336 g/mol. The minimum absolute atomic E-state index is 0.122. The van der Waals surface area contributed by atoms with Crippen LogP contribution < -0.4 is 0 Å². The van der Waals surface area contributed by atoms with Crippen LogP contribution in [-0.4, -0.2) is 38.4 Å². The van der Waals surface area contributed by atoms with E-state index in [1.807, 2.05) is 0 Å². The summed E-state index contributed by atoms with van der Waals surface area (Å²) in [4.78, 5) is 23.9. The Morgan fingerprint density at radius 2 is 1.32 bits per heavy atom. The van der Waals surface area contributed by atoms with Gasteiger partial charge in [-0.3, -0.25) is 14.2 Å². The summed E-state index contributed by atoms with van der Waals surface area (Å²) in [6.07, 6.45) is 0. The molecule has 0 unspecified atom stereocenters. The molecule has 0 atom stereocenters. The van der Waals surface area contributed by atoms with Crippen LogP contribution in [-0.2, 0) is 32.7 Å². The van der Waals surface area contributed by atoms with Crippen molar-refractivity contribution in [2.75, 3.05) is 26.4 Å². The van der Waals surface area contributed by atoms with Crippen molar-refractivity contribution in [3.05, 3.63) is 11.4 Å². The second kappa shape index (κ2) is 10.5. The van der Waals surface area contributed by atoms with Crippen LogP contribution >= 0.6 is 7.60 Å². The Balaban J connectivity index is 5.51. The molecule has 0 aromatic carbocycles. The molecule has 0 spiro atoms. The van der Waals surface area contributed by atoms with E-state index in [0.717, 1.165) is 0 Å². The zero-order valence-electron chi connectivity index (χ0n) is 13.8. The van der Waals surface area contributed by atoms with Crippen molar-refractivity contribution in [1.82, 2.24) is 0 Å². The number of esters is 2. The smallest absolute Gasteiger partial charge is 0.354 e. The quantitative estimate of drug-likeness (QED) is 0.344. The van der Waals surface area contributed by atoms with Gasteiger partial charge in [0.25, 0.3) is 0 Å². The van der Waals surface area contributed by atoms with Crippen LogP contribution in [0.25, 0.3) is 0 Å². The zero-order chi connectivity index (χ0) is 17.2. The lowest BCUT2D eigenvalue weighted by atomic mass is 10.0. The maximum absolute atomic E-state index is 12.5. The molecule has 0 amide bonds. The van der Waals surface area contributed by atoms with Gasteiger partial charge in [0.1, 0.15) is 0 Å². The van der Waals surface area contributed by atoms with E-state index in [4.69, 9.17) is 18.5 Å². The number of carbonyl (C=O) groups is 2. The Bertz CT molecular complexity index is 416. The lowest BCUT2D eigenvalue weighted by Gasteiger charge is -2.18. The Morgan fingerprint density at radius 3 is 1.64 bits per heavy atom. The predicted octanol–water partition coefficient (Wildman–Crippen LogP) is 2.90. The van der Waals surface area contributed by atoms with E-state index in [1.165, 1.54) is 12.7 Å². The average molecular weight is 336 g/mol. The van der Waals surface area contributed by atoms with Crippen LogP contribution in [0.15, 0.2) is 11.4 Å². The molecule has 0 aliphatic carbocycles. The molecule has 0 rings (SSSR count). The van der Waals surface area contributed by atoms with Gasteiger partial charge in [0.05, 0.1) is 26.4 Å². The zero-order valence-corrected chi connectivity index (χ0v) is 14.7. The molecule has 0 aromatic heterocycles. The fraction of sp³-hybridized carbons (Fsp3) is 0.714. The van der Waals surface area contributed by atoms with Crippen molar-refractivity contribution in [3.63, 3.8) is 0 Å². The van der Waals surface area contributed by atoms with Crippen LogP contribution in [0.5, 0.6) is 0 Å². The molecular weight excluding hydrogens is 311 g/mol. The van der Waals surface area contributed by atoms with Crippen LogP contribution in [0.2, 0.25) is 0 Å². The lowest BCUT2D eigenvalue weighted by Crippen LogP contribution is -2.29. The van der Waals surface area contributed by atoms with E-state index in [2.05, 4.69) is 0 Å². The topological polar surface area (TPSA) is 88.1 Å². The molecule has 0 aromatic rings. The van der Waals surface area contributed by atoms with Crippen LogP contribution in [0.3, 0.4) is 0 Å². The second-order valence-corrected chi connectivity index (χ2v) is 6.04. The van der Waals surface area contributed by atoms with Gasteiger partial charge in [-0.1, -0.05) is 0 Å². The molecule has 128 valence electrons. The van der Waals surface area contributed by atoms with Gasteiger partial charge in [-0.2, -0.15) is 0 Å². The Hall–Kier alpha value is -1.17. The second-order valence-electron chi connectivity index (χ2n) is 4.19. The molecule has 22 heavy (non-hydrogen) atoms. The third-order valence-corrected chi connectivity index (χ3v) is 4.44. The molecule has 0 aliphatic rings. The number of hydrogen-bond acceptors (Lipinski definition) is 7. The highest BCUT2D eigenvalue weighted by molar-refractivity contribution is 7.57. The molecule has 0 fully saturated rings. The van der Waals surface area contributed by atoms with Gasteiger partial charge in [0, 0.05) is 5.82 Å². The summed E-state index contributed by atoms with van der Waals surface area (Å²) >= 11 is 0. The van der Waals surface area contributed by atoms with Crippen molar-refractivity contribution >= 4 is 19.5 Å². The summed E-state index contributed by atoms with van der Waals surface area (Å²) in [5, 5.41) is 0. The molecule has 0 saturated carbocycles. The van der Waals surface area contributed by atoms with E-state index in [9.17, 15) is 14.2 Å². The van der Waals surface area contributed by atoms with Gasteiger partial charge in [-0.25, -0.2) is 0 Å². The minimum atomic E-state index is -3.52. The number of hydrogen-bond donors (Lipinski definition) is 0. The summed E-state index contributed by atoms with van der Waals surface area (Å²) in [6, 6.07) is 0. The van der Waals surface area contributed by atoms with Crippen LogP contribution in [0, 0.1) is 5.92 Å². The van der Waals surface area contributed by atoms with Crippen LogP contribution in [0.4, 0.5) is 0 Å².